The predicted octanol–water partition coefficient (Wildman–Crippen LogP) is 1.28. The average molecular weight is 418 g/mol. The first-order valence-electron chi connectivity index (χ1n) is 9.21. The highest BCUT2D eigenvalue weighted by Crippen LogP contribution is 2.23. The van der Waals surface area contributed by atoms with Crippen LogP contribution in [0.3, 0.4) is 0 Å². The Morgan fingerprint density at radius 1 is 1.26 bits per heavy atom. The maximum atomic E-state index is 13.0. The van der Waals surface area contributed by atoms with Gasteiger partial charge >= 0.3 is 0 Å². The van der Waals surface area contributed by atoms with E-state index in [1.807, 2.05) is 6.92 Å². The molecule has 2 heterocycles. The highest BCUT2D eigenvalue weighted by atomic mass is 35.5. The number of halogens is 1. The minimum atomic E-state index is -3.53. The van der Waals surface area contributed by atoms with Gasteiger partial charge < -0.3 is 15.4 Å². The third-order valence-corrected chi connectivity index (χ3v) is 6.96. The van der Waals surface area contributed by atoms with Crippen LogP contribution >= 0.6 is 12.4 Å². The van der Waals surface area contributed by atoms with Crippen molar-refractivity contribution in [1.29, 1.82) is 0 Å². The Morgan fingerprint density at radius 2 is 1.96 bits per heavy atom. The first-order valence-corrected chi connectivity index (χ1v) is 10.6. The number of nitrogens with zero attached hydrogens (tertiary/aromatic N) is 1. The lowest BCUT2D eigenvalue weighted by molar-refractivity contribution is -0.129. The number of carbonyl (C=O) groups is 1. The Labute approximate surface area is 167 Å². The third kappa shape index (κ3) is 5.20. The van der Waals surface area contributed by atoms with E-state index in [4.69, 9.17) is 4.74 Å². The zero-order valence-electron chi connectivity index (χ0n) is 15.5. The summed E-state index contributed by atoms with van der Waals surface area (Å²) >= 11 is 0. The van der Waals surface area contributed by atoms with Gasteiger partial charge in [-0.05, 0) is 31.4 Å². The van der Waals surface area contributed by atoms with Crippen molar-refractivity contribution in [3.05, 3.63) is 29.8 Å². The minimum Gasteiger partial charge on any atom is -0.375 e. The van der Waals surface area contributed by atoms with Crippen molar-refractivity contribution in [3.63, 3.8) is 0 Å². The smallest absolute Gasteiger partial charge is 0.243 e. The van der Waals surface area contributed by atoms with Crippen LogP contribution in [0, 0.1) is 0 Å². The van der Waals surface area contributed by atoms with Gasteiger partial charge in [-0.3, -0.25) is 4.79 Å². The highest BCUT2D eigenvalue weighted by Gasteiger charge is 2.30. The molecule has 7 nitrogen and oxygen atoms in total. The number of piperidine rings is 1. The number of morpholine rings is 1. The molecule has 0 aromatic heterocycles. The van der Waals surface area contributed by atoms with E-state index in [1.165, 1.54) is 0 Å². The van der Waals surface area contributed by atoms with Crippen LogP contribution in [0.15, 0.2) is 29.2 Å². The Hall–Kier alpha value is -1.19. The minimum absolute atomic E-state index is 0. The number of sulfonamides is 1. The monoisotopic (exact) mass is 417 g/mol. The number of benzene rings is 1. The maximum absolute atomic E-state index is 13.0. The van der Waals surface area contributed by atoms with E-state index in [0.29, 0.717) is 31.8 Å². The van der Waals surface area contributed by atoms with Gasteiger partial charge in [-0.2, -0.15) is 4.31 Å². The van der Waals surface area contributed by atoms with Crippen LogP contribution in [0.4, 0.5) is 0 Å². The molecule has 1 aromatic rings. The summed E-state index contributed by atoms with van der Waals surface area (Å²) in [6.07, 6.45) is 2.64. The second-order valence-corrected chi connectivity index (χ2v) is 8.70. The largest absolute Gasteiger partial charge is 0.375 e. The normalized spacial score (nSPS) is 24.0. The fourth-order valence-corrected chi connectivity index (χ4v) is 5.20. The van der Waals surface area contributed by atoms with Gasteiger partial charge in [0.1, 0.15) is 6.04 Å². The van der Waals surface area contributed by atoms with Crippen LogP contribution in [-0.4, -0.2) is 57.0 Å². The lowest BCUT2D eigenvalue weighted by atomic mass is 10.1. The van der Waals surface area contributed by atoms with Gasteiger partial charge in [0, 0.05) is 26.2 Å². The number of ether oxygens (including phenoxy) is 1. The second-order valence-electron chi connectivity index (χ2n) is 6.80. The molecule has 2 aliphatic heterocycles. The van der Waals surface area contributed by atoms with Crippen molar-refractivity contribution in [2.75, 3.05) is 26.2 Å². The van der Waals surface area contributed by atoms with Crippen LogP contribution in [0.1, 0.15) is 31.7 Å². The molecule has 0 bridgehead atoms. The van der Waals surface area contributed by atoms with Crippen LogP contribution < -0.4 is 10.6 Å². The van der Waals surface area contributed by atoms with Crippen molar-refractivity contribution < 1.29 is 17.9 Å². The fraction of sp³-hybridized carbons (Fsp3) is 0.611. The van der Waals surface area contributed by atoms with Gasteiger partial charge in [0.15, 0.2) is 0 Å². The molecule has 3 rings (SSSR count). The van der Waals surface area contributed by atoms with E-state index < -0.39 is 16.1 Å². The van der Waals surface area contributed by atoms with E-state index in [1.54, 1.807) is 28.6 Å². The Morgan fingerprint density at radius 3 is 2.67 bits per heavy atom. The van der Waals surface area contributed by atoms with Gasteiger partial charge in [-0.25, -0.2) is 8.42 Å². The summed E-state index contributed by atoms with van der Waals surface area (Å²) in [5, 5.41) is 5.99. The summed E-state index contributed by atoms with van der Waals surface area (Å²) in [7, 11) is -3.53. The van der Waals surface area contributed by atoms with E-state index in [2.05, 4.69) is 10.6 Å². The summed E-state index contributed by atoms with van der Waals surface area (Å²) in [6, 6.07) is 6.47. The SMILES string of the molecule is C[C@H]1OCCN[C@@H]1C(=O)NCc1ccccc1S(=O)(=O)N1CCCCC1.Cl. The van der Waals surface area contributed by atoms with Gasteiger partial charge in [-0.15, -0.1) is 12.4 Å². The molecule has 2 N–H and O–H groups in total. The molecule has 0 saturated carbocycles. The van der Waals surface area contributed by atoms with Crippen molar-refractivity contribution >= 4 is 28.3 Å². The zero-order chi connectivity index (χ0) is 18.6. The standard InChI is InChI=1S/C18H27N3O4S.ClH/c1-14-17(19-9-12-25-14)18(22)20-13-15-7-3-4-8-16(15)26(23,24)21-10-5-2-6-11-21;/h3-4,7-8,14,17,19H,2,5-6,9-13H2,1H3,(H,20,22);1H/t14-,17+;/m1./s1. The van der Waals surface area contributed by atoms with Crippen LogP contribution in [0.2, 0.25) is 0 Å². The molecule has 27 heavy (non-hydrogen) atoms. The first kappa shape index (κ1) is 22.1. The molecule has 2 fully saturated rings. The number of hydrogen-bond acceptors (Lipinski definition) is 5. The fourth-order valence-electron chi connectivity index (χ4n) is 3.47. The number of carbonyl (C=O) groups excluding carboxylic acids is 1. The molecule has 0 spiro atoms. The first-order chi connectivity index (χ1) is 12.5. The molecule has 2 aliphatic rings. The summed E-state index contributed by atoms with van der Waals surface area (Å²) in [5.74, 6) is -0.178. The molecule has 1 aromatic carbocycles. The second kappa shape index (κ2) is 9.84. The average Bonchev–Trinajstić information content (AvgIpc) is 2.67. The molecule has 0 radical (unpaired) electrons. The lowest BCUT2D eigenvalue weighted by Crippen LogP contribution is -2.55. The predicted molar refractivity (Wildman–Crippen MR) is 105 cm³/mol. The molecule has 2 saturated heterocycles. The van der Waals surface area contributed by atoms with E-state index >= 15 is 0 Å². The molecule has 152 valence electrons. The Balaban J connectivity index is 0.00000261. The summed E-state index contributed by atoms with van der Waals surface area (Å²) in [4.78, 5) is 12.7. The van der Waals surface area contributed by atoms with Gasteiger partial charge in [0.25, 0.3) is 0 Å². The molecule has 0 unspecified atom stereocenters. The maximum Gasteiger partial charge on any atom is 0.243 e. The van der Waals surface area contributed by atoms with Gasteiger partial charge in [0.05, 0.1) is 17.6 Å². The number of nitrogens with one attached hydrogen (secondary N) is 2. The number of hydrogen-bond donors (Lipinski definition) is 2. The van der Waals surface area contributed by atoms with Crippen molar-refractivity contribution in [3.8, 4) is 0 Å². The molecule has 9 heteroatoms. The highest BCUT2D eigenvalue weighted by molar-refractivity contribution is 7.89. The molecular formula is C18H28ClN3O4S. The van der Waals surface area contributed by atoms with Crippen LogP contribution in [-0.2, 0) is 26.1 Å². The summed E-state index contributed by atoms with van der Waals surface area (Å²) in [5.41, 5.74) is 0.607. The summed E-state index contributed by atoms with van der Waals surface area (Å²) < 4.78 is 33.0. The van der Waals surface area contributed by atoms with Crippen molar-refractivity contribution in [1.82, 2.24) is 14.9 Å². The van der Waals surface area contributed by atoms with Gasteiger partial charge in [-0.1, -0.05) is 24.6 Å². The number of rotatable bonds is 5. The van der Waals surface area contributed by atoms with Crippen molar-refractivity contribution in [2.24, 2.45) is 0 Å². The van der Waals surface area contributed by atoms with Crippen LogP contribution in [0.5, 0.6) is 0 Å². The van der Waals surface area contributed by atoms with Gasteiger partial charge in [0.2, 0.25) is 15.9 Å². The van der Waals surface area contributed by atoms with E-state index in [-0.39, 0.29) is 35.9 Å². The van der Waals surface area contributed by atoms with Crippen LogP contribution in [0.25, 0.3) is 0 Å². The number of amides is 1. The summed E-state index contributed by atoms with van der Waals surface area (Å²) in [6.45, 7) is 4.36. The Kier molecular flexibility index (Phi) is 8.05. The third-order valence-electron chi connectivity index (χ3n) is 4.96. The Bertz CT molecular complexity index is 738. The quantitative estimate of drug-likeness (QED) is 0.753. The molecule has 2 atom stereocenters. The van der Waals surface area contributed by atoms with Crippen molar-refractivity contribution in [2.45, 2.75) is 49.8 Å². The molecule has 0 aliphatic carbocycles. The topological polar surface area (TPSA) is 87.7 Å². The molecular weight excluding hydrogens is 390 g/mol. The molecule has 1 amide bonds. The zero-order valence-corrected chi connectivity index (χ0v) is 17.2. The van der Waals surface area contributed by atoms with E-state index in [0.717, 1.165) is 19.3 Å². The van der Waals surface area contributed by atoms with E-state index in [9.17, 15) is 13.2 Å². The lowest BCUT2D eigenvalue weighted by Gasteiger charge is -2.29.